The molecule has 4 aromatic heterocycles. The van der Waals surface area contributed by atoms with Crippen molar-refractivity contribution in [3.05, 3.63) is 65.8 Å². The summed E-state index contributed by atoms with van der Waals surface area (Å²) in [5.41, 5.74) is 1.44. The number of carbonyl (C=O) groups is 1. The summed E-state index contributed by atoms with van der Waals surface area (Å²) in [5.74, 6) is 2.16. The number of aromatic nitrogens is 5. The predicted molar refractivity (Wildman–Crippen MR) is 124 cm³/mol. The highest BCUT2D eigenvalue weighted by Gasteiger charge is 2.25. The van der Waals surface area contributed by atoms with Crippen molar-refractivity contribution in [2.75, 3.05) is 36.4 Å². The summed E-state index contributed by atoms with van der Waals surface area (Å²) in [6.07, 6.45) is 1.72. The van der Waals surface area contributed by atoms with E-state index in [-0.39, 0.29) is 5.91 Å². The van der Waals surface area contributed by atoms with Crippen LogP contribution in [-0.4, -0.2) is 61.9 Å². The molecule has 0 spiro atoms. The number of anilines is 3. The highest BCUT2D eigenvalue weighted by Crippen LogP contribution is 2.25. The van der Waals surface area contributed by atoms with Gasteiger partial charge in [0.25, 0.3) is 5.91 Å². The number of rotatable bonds is 5. The quantitative estimate of drug-likeness (QED) is 0.504. The van der Waals surface area contributed by atoms with Crippen LogP contribution >= 0.6 is 11.3 Å². The Labute approximate surface area is 189 Å². The van der Waals surface area contributed by atoms with Crippen molar-refractivity contribution >= 4 is 34.7 Å². The average Bonchev–Trinajstić information content (AvgIpc) is 3.50. The van der Waals surface area contributed by atoms with Crippen molar-refractivity contribution in [2.45, 2.75) is 0 Å². The molecular weight excluding hydrogens is 424 g/mol. The Balaban J connectivity index is 1.20. The summed E-state index contributed by atoms with van der Waals surface area (Å²) in [7, 11) is 1.82. The zero-order valence-electron chi connectivity index (χ0n) is 17.5. The van der Waals surface area contributed by atoms with Crippen molar-refractivity contribution in [1.82, 2.24) is 29.9 Å². The van der Waals surface area contributed by atoms with Crippen LogP contribution in [0.4, 0.5) is 17.5 Å². The van der Waals surface area contributed by atoms with Gasteiger partial charge in [-0.1, -0.05) is 12.1 Å². The number of aryl methyl sites for hydroxylation is 1. The fraction of sp³-hybridized carbons (Fsp3) is 0.227. The Hall–Kier alpha value is -3.79. The number of carbonyl (C=O) groups excluding carboxylic acids is 1. The van der Waals surface area contributed by atoms with Gasteiger partial charge in [0.2, 0.25) is 0 Å². The molecule has 0 unspecified atom stereocenters. The van der Waals surface area contributed by atoms with Crippen LogP contribution in [-0.2, 0) is 7.05 Å². The van der Waals surface area contributed by atoms with Crippen molar-refractivity contribution < 1.29 is 4.79 Å². The second-order valence-corrected chi connectivity index (χ2v) is 8.36. The summed E-state index contributed by atoms with van der Waals surface area (Å²) < 4.78 is 1.67. The lowest BCUT2D eigenvalue weighted by atomic mass is 10.2. The normalized spacial score (nSPS) is 13.9. The van der Waals surface area contributed by atoms with Gasteiger partial charge >= 0.3 is 0 Å². The monoisotopic (exact) mass is 446 g/mol. The maximum absolute atomic E-state index is 13.1. The molecule has 5 rings (SSSR count). The van der Waals surface area contributed by atoms with Crippen LogP contribution in [0.25, 0.3) is 10.6 Å². The van der Waals surface area contributed by atoms with Crippen LogP contribution in [0.5, 0.6) is 0 Å². The standard InChI is InChI=1S/C22H22N8OS/c1-28-17(15-16(27-28)18-5-4-14-32-18)22(31)30-12-10-29(11-13-30)21-8-7-20(25-26-21)24-19-6-2-3-9-23-19/h2-9,14-15H,10-13H2,1H3,(H,23,24,25). The molecule has 0 aliphatic carbocycles. The number of nitrogens with one attached hydrogen (secondary N) is 1. The van der Waals surface area contributed by atoms with E-state index in [1.807, 2.05) is 65.9 Å². The Morgan fingerprint density at radius 3 is 2.56 bits per heavy atom. The van der Waals surface area contributed by atoms with Crippen molar-refractivity contribution in [1.29, 1.82) is 0 Å². The van der Waals surface area contributed by atoms with Crippen LogP contribution in [0.15, 0.2) is 60.1 Å². The van der Waals surface area contributed by atoms with Gasteiger partial charge in [-0.05, 0) is 41.8 Å². The van der Waals surface area contributed by atoms with E-state index < -0.39 is 0 Å². The molecule has 162 valence electrons. The first-order valence-corrected chi connectivity index (χ1v) is 11.2. The van der Waals surface area contributed by atoms with Gasteiger partial charge < -0.3 is 15.1 Å². The van der Waals surface area contributed by atoms with E-state index in [2.05, 4.69) is 30.5 Å². The minimum absolute atomic E-state index is 0.00319. The molecule has 0 aromatic carbocycles. The Kier molecular flexibility index (Phi) is 5.51. The molecule has 9 nitrogen and oxygen atoms in total. The van der Waals surface area contributed by atoms with E-state index in [9.17, 15) is 4.79 Å². The van der Waals surface area contributed by atoms with Crippen LogP contribution in [0.2, 0.25) is 0 Å². The van der Waals surface area contributed by atoms with E-state index in [0.717, 1.165) is 22.2 Å². The molecule has 0 atom stereocenters. The smallest absolute Gasteiger partial charge is 0.272 e. The van der Waals surface area contributed by atoms with E-state index in [1.54, 1.807) is 22.2 Å². The largest absolute Gasteiger partial charge is 0.352 e. The van der Waals surface area contributed by atoms with Crippen molar-refractivity contribution in [3.63, 3.8) is 0 Å². The molecule has 1 aliphatic rings. The average molecular weight is 447 g/mol. The highest BCUT2D eigenvalue weighted by molar-refractivity contribution is 7.13. The SMILES string of the molecule is Cn1nc(-c2cccs2)cc1C(=O)N1CCN(c2ccc(Nc3ccccn3)nn2)CC1. The lowest BCUT2D eigenvalue weighted by Gasteiger charge is -2.35. The molecule has 1 amide bonds. The fourth-order valence-electron chi connectivity index (χ4n) is 3.64. The molecule has 10 heteroatoms. The van der Waals surface area contributed by atoms with Gasteiger partial charge in [0, 0.05) is 39.4 Å². The second-order valence-electron chi connectivity index (χ2n) is 7.41. The first-order valence-electron chi connectivity index (χ1n) is 10.3. The highest BCUT2D eigenvalue weighted by atomic mass is 32.1. The molecule has 1 N–H and O–H groups in total. The molecular formula is C22H22N8OS. The molecule has 0 saturated carbocycles. The van der Waals surface area contributed by atoms with Gasteiger partial charge in [0.05, 0.1) is 4.88 Å². The number of amides is 1. The second kappa shape index (κ2) is 8.75. The van der Waals surface area contributed by atoms with Gasteiger partial charge in [-0.3, -0.25) is 9.48 Å². The summed E-state index contributed by atoms with van der Waals surface area (Å²) >= 11 is 1.62. The topological polar surface area (TPSA) is 92.1 Å². The van der Waals surface area contributed by atoms with E-state index in [0.29, 0.717) is 37.7 Å². The lowest BCUT2D eigenvalue weighted by molar-refractivity contribution is 0.0735. The zero-order chi connectivity index (χ0) is 21.9. The molecule has 5 heterocycles. The van der Waals surface area contributed by atoms with E-state index >= 15 is 0 Å². The first-order chi connectivity index (χ1) is 15.7. The molecule has 32 heavy (non-hydrogen) atoms. The van der Waals surface area contributed by atoms with Gasteiger partial charge in [0.1, 0.15) is 17.2 Å². The number of pyridine rings is 1. The number of thiophene rings is 1. The van der Waals surface area contributed by atoms with Gasteiger partial charge in [-0.15, -0.1) is 21.5 Å². The Morgan fingerprint density at radius 2 is 1.88 bits per heavy atom. The number of piperazine rings is 1. The van der Waals surface area contributed by atoms with Crippen LogP contribution < -0.4 is 10.2 Å². The molecule has 4 aromatic rings. The van der Waals surface area contributed by atoms with Gasteiger partial charge in [-0.25, -0.2) is 4.98 Å². The van der Waals surface area contributed by atoms with Gasteiger partial charge in [-0.2, -0.15) is 5.10 Å². The van der Waals surface area contributed by atoms with Gasteiger partial charge in [0.15, 0.2) is 11.6 Å². The van der Waals surface area contributed by atoms with Crippen LogP contribution in [0.3, 0.4) is 0 Å². The van der Waals surface area contributed by atoms with Crippen molar-refractivity contribution in [3.8, 4) is 10.6 Å². The summed E-state index contributed by atoms with van der Waals surface area (Å²) in [4.78, 5) is 22.4. The predicted octanol–water partition coefficient (Wildman–Crippen LogP) is 3.04. The lowest BCUT2D eigenvalue weighted by Crippen LogP contribution is -2.49. The Morgan fingerprint density at radius 1 is 1.00 bits per heavy atom. The maximum atomic E-state index is 13.1. The van der Waals surface area contributed by atoms with Crippen molar-refractivity contribution in [2.24, 2.45) is 7.05 Å². The Bertz CT molecular complexity index is 1180. The zero-order valence-corrected chi connectivity index (χ0v) is 18.4. The first kappa shape index (κ1) is 20.1. The van der Waals surface area contributed by atoms with E-state index in [1.165, 1.54) is 0 Å². The molecule has 1 fully saturated rings. The number of hydrogen-bond donors (Lipinski definition) is 1. The fourth-order valence-corrected chi connectivity index (χ4v) is 4.32. The summed E-state index contributed by atoms with van der Waals surface area (Å²) in [6.45, 7) is 2.63. The minimum atomic E-state index is 0.00319. The minimum Gasteiger partial charge on any atom is -0.352 e. The summed E-state index contributed by atoms with van der Waals surface area (Å²) in [6, 6.07) is 15.3. The number of nitrogens with zero attached hydrogens (tertiary/aromatic N) is 7. The van der Waals surface area contributed by atoms with Crippen LogP contribution in [0.1, 0.15) is 10.5 Å². The third kappa shape index (κ3) is 4.17. The molecule has 0 radical (unpaired) electrons. The third-order valence-corrected chi connectivity index (χ3v) is 6.23. The maximum Gasteiger partial charge on any atom is 0.272 e. The van der Waals surface area contributed by atoms with Crippen LogP contribution in [0, 0.1) is 0 Å². The number of hydrogen-bond acceptors (Lipinski definition) is 8. The summed E-state index contributed by atoms with van der Waals surface area (Å²) in [5, 5.41) is 18.2. The van der Waals surface area contributed by atoms with E-state index in [4.69, 9.17) is 0 Å². The molecule has 1 aliphatic heterocycles. The third-order valence-electron chi connectivity index (χ3n) is 5.33. The molecule has 0 bridgehead atoms. The molecule has 1 saturated heterocycles.